The molecule has 92 valence electrons. The number of hydrogen-bond donors (Lipinski definition) is 0. The van der Waals surface area contributed by atoms with Gasteiger partial charge in [0.1, 0.15) is 12.0 Å². The van der Waals surface area contributed by atoms with Crippen LogP contribution >= 0.6 is 11.6 Å². The van der Waals surface area contributed by atoms with Gasteiger partial charge in [0, 0.05) is 23.4 Å². The number of furan rings is 1. The van der Waals surface area contributed by atoms with Gasteiger partial charge in [-0.1, -0.05) is 11.6 Å². The highest BCUT2D eigenvalue weighted by Crippen LogP contribution is 2.33. The molecule has 1 aromatic carbocycles. The Labute approximate surface area is 109 Å². The van der Waals surface area contributed by atoms with Gasteiger partial charge in [-0.3, -0.25) is 4.79 Å². The van der Waals surface area contributed by atoms with Crippen LogP contribution in [-0.4, -0.2) is 12.4 Å². The van der Waals surface area contributed by atoms with E-state index in [4.69, 9.17) is 20.8 Å². The second-order valence-electron chi connectivity index (χ2n) is 4.26. The molecular weight excluding hydrogens is 252 g/mol. The van der Waals surface area contributed by atoms with Crippen molar-refractivity contribution in [2.75, 3.05) is 6.61 Å². The molecule has 0 unspecified atom stereocenters. The number of ketones is 1. The van der Waals surface area contributed by atoms with Crippen molar-refractivity contribution in [2.45, 2.75) is 12.8 Å². The van der Waals surface area contributed by atoms with E-state index < -0.39 is 0 Å². The lowest BCUT2D eigenvalue weighted by molar-refractivity contribution is 0.0991. The summed E-state index contributed by atoms with van der Waals surface area (Å²) < 4.78 is 10.5. The third-order valence-electron chi connectivity index (χ3n) is 3.02. The van der Waals surface area contributed by atoms with E-state index in [1.165, 1.54) is 12.5 Å². The molecule has 0 fully saturated rings. The van der Waals surface area contributed by atoms with Crippen LogP contribution < -0.4 is 4.74 Å². The largest absolute Gasteiger partial charge is 0.493 e. The molecule has 3 nitrogen and oxygen atoms in total. The normalized spacial score (nSPS) is 13.2. The number of Topliss-reactive ketones (excluding diaryl/α,β-unsaturated/α-hetero) is 1. The van der Waals surface area contributed by atoms with Crippen molar-refractivity contribution in [2.24, 2.45) is 0 Å². The van der Waals surface area contributed by atoms with E-state index in [1.807, 2.05) is 6.07 Å². The summed E-state index contributed by atoms with van der Waals surface area (Å²) in [6, 6.07) is 5.35. The van der Waals surface area contributed by atoms with Gasteiger partial charge in [-0.25, -0.2) is 0 Å². The Balaban J connectivity index is 1.91. The first-order valence-corrected chi connectivity index (χ1v) is 6.11. The summed E-state index contributed by atoms with van der Waals surface area (Å²) in [6.45, 7) is 0.655. The van der Waals surface area contributed by atoms with Crippen molar-refractivity contribution < 1.29 is 13.9 Å². The third-order valence-corrected chi connectivity index (χ3v) is 3.24. The minimum atomic E-state index is 0.00344. The Morgan fingerprint density at radius 3 is 3.06 bits per heavy atom. The predicted molar refractivity (Wildman–Crippen MR) is 67.4 cm³/mol. The lowest BCUT2D eigenvalue weighted by Gasteiger charge is -2.07. The van der Waals surface area contributed by atoms with E-state index in [1.54, 1.807) is 12.1 Å². The van der Waals surface area contributed by atoms with Crippen LogP contribution in [0.5, 0.6) is 5.75 Å². The highest BCUT2D eigenvalue weighted by molar-refractivity contribution is 6.30. The summed E-state index contributed by atoms with van der Waals surface area (Å²) in [4.78, 5) is 12.0. The number of hydrogen-bond acceptors (Lipinski definition) is 3. The van der Waals surface area contributed by atoms with E-state index in [-0.39, 0.29) is 12.2 Å². The van der Waals surface area contributed by atoms with E-state index in [0.717, 1.165) is 23.3 Å². The first-order valence-electron chi connectivity index (χ1n) is 5.73. The standard InChI is InChI=1S/C14H11ClO3/c15-12-5-9-2-4-18-14(9)11(6-12)7-13(16)10-1-3-17-8-10/h1,3,5-6,8H,2,4,7H2. The molecule has 0 bridgehead atoms. The smallest absolute Gasteiger partial charge is 0.170 e. The van der Waals surface area contributed by atoms with Gasteiger partial charge in [-0.15, -0.1) is 0 Å². The Kier molecular flexibility index (Phi) is 2.84. The number of fused-ring (bicyclic) bond motifs is 1. The zero-order valence-electron chi connectivity index (χ0n) is 9.61. The van der Waals surface area contributed by atoms with E-state index in [9.17, 15) is 4.79 Å². The Hall–Kier alpha value is -1.74. The first kappa shape index (κ1) is 11.4. The highest BCUT2D eigenvalue weighted by atomic mass is 35.5. The maximum atomic E-state index is 12.0. The predicted octanol–water partition coefficient (Wildman–Crippen LogP) is 3.29. The lowest BCUT2D eigenvalue weighted by atomic mass is 10.0. The van der Waals surface area contributed by atoms with Crippen molar-refractivity contribution in [3.63, 3.8) is 0 Å². The van der Waals surface area contributed by atoms with Crippen molar-refractivity contribution in [1.29, 1.82) is 0 Å². The zero-order chi connectivity index (χ0) is 12.5. The second-order valence-corrected chi connectivity index (χ2v) is 4.70. The van der Waals surface area contributed by atoms with Crippen LogP contribution in [0.2, 0.25) is 5.02 Å². The number of rotatable bonds is 3. The average Bonchev–Trinajstić information content (AvgIpc) is 2.98. The maximum Gasteiger partial charge on any atom is 0.170 e. The molecule has 0 amide bonds. The highest BCUT2D eigenvalue weighted by Gasteiger charge is 2.20. The SMILES string of the molecule is O=C(Cc1cc(Cl)cc2c1OCC2)c1ccoc1. The summed E-state index contributed by atoms with van der Waals surface area (Å²) >= 11 is 6.05. The van der Waals surface area contributed by atoms with Crippen LogP contribution in [0, 0.1) is 0 Å². The molecule has 1 aromatic heterocycles. The van der Waals surface area contributed by atoms with Crippen LogP contribution in [-0.2, 0) is 12.8 Å². The van der Waals surface area contributed by atoms with Gasteiger partial charge in [0.15, 0.2) is 5.78 Å². The molecule has 4 heteroatoms. The van der Waals surface area contributed by atoms with Crippen molar-refractivity contribution in [3.05, 3.63) is 52.4 Å². The van der Waals surface area contributed by atoms with Crippen molar-refractivity contribution in [1.82, 2.24) is 0 Å². The number of carbonyl (C=O) groups excluding carboxylic acids is 1. The molecule has 0 saturated carbocycles. The molecule has 1 aliphatic rings. The summed E-state index contributed by atoms with van der Waals surface area (Å²) in [7, 11) is 0. The van der Waals surface area contributed by atoms with Gasteiger partial charge < -0.3 is 9.15 Å². The first-order chi connectivity index (χ1) is 8.74. The Bertz CT molecular complexity index is 587. The van der Waals surface area contributed by atoms with Gasteiger partial charge >= 0.3 is 0 Å². The van der Waals surface area contributed by atoms with Crippen LogP contribution in [0.25, 0.3) is 0 Å². The molecule has 0 aliphatic carbocycles. The number of halogens is 1. The van der Waals surface area contributed by atoms with Gasteiger partial charge in [0.05, 0.1) is 18.4 Å². The zero-order valence-corrected chi connectivity index (χ0v) is 10.4. The van der Waals surface area contributed by atoms with E-state index in [2.05, 4.69) is 0 Å². The third kappa shape index (κ3) is 2.02. The van der Waals surface area contributed by atoms with Crippen molar-refractivity contribution >= 4 is 17.4 Å². The van der Waals surface area contributed by atoms with Crippen LogP contribution in [0.4, 0.5) is 0 Å². The number of carbonyl (C=O) groups is 1. The number of benzene rings is 1. The Morgan fingerprint density at radius 1 is 1.39 bits per heavy atom. The molecule has 1 aliphatic heterocycles. The topological polar surface area (TPSA) is 39.4 Å². The van der Waals surface area contributed by atoms with Crippen LogP contribution in [0.3, 0.4) is 0 Å². The lowest BCUT2D eigenvalue weighted by Crippen LogP contribution is -2.03. The minimum absolute atomic E-state index is 0.00344. The molecule has 0 spiro atoms. The van der Waals surface area contributed by atoms with Gasteiger partial charge in [-0.2, -0.15) is 0 Å². The van der Waals surface area contributed by atoms with Gasteiger partial charge in [-0.05, 0) is 23.8 Å². The van der Waals surface area contributed by atoms with Gasteiger partial charge in [0.2, 0.25) is 0 Å². The molecule has 2 heterocycles. The van der Waals surface area contributed by atoms with E-state index in [0.29, 0.717) is 17.2 Å². The molecule has 18 heavy (non-hydrogen) atoms. The number of ether oxygens (including phenoxy) is 1. The summed E-state index contributed by atoms with van der Waals surface area (Å²) in [6.07, 6.45) is 4.07. The molecule has 0 atom stereocenters. The molecule has 0 radical (unpaired) electrons. The fraction of sp³-hybridized carbons (Fsp3) is 0.214. The quantitative estimate of drug-likeness (QED) is 0.797. The fourth-order valence-electron chi connectivity index (χ4n) is 2.18. The second kappa shape index (κ2) is 4.50. The summed E-state index contributed by atoms with van der Waals surface area (Å²) in [5, 5.41) is 0.647. The average molecular weight is 263 g/mol. The molecule has 0 saturated heterocycles. The monoisotopic (exact) mass is 262 g/mol. The summed E-state index contributed by atoms with van der Waals surface area (Å²) in [5.74, 6) is 0.819. The fourth-order valence-corrected chi connectivity index (χ4v) is 2.44. The Morgan fingerprint density at radius 2 is 2.28 bits per heavy atom. The van der Waals surface area contributed by atoms with Crippen molar-refractivity contribution in [3.8, 4) is 5.75 Å². The maximum absolute atomic E-state index is 12.0. The molecular formula is C14H11ClO3. The minimum Gasteiger partial charge on any atom is -0.493 e. The van der Waals surface area contributed by atoms with E-state index >= 15 is 0 Å². The molecule has 3 rings (SSSR count). The van der Waals surface area contributed by atoms with Gasteiger partial charge in [0.25, 0.3) is 0 Å². The molecule has 0 N–H and O–H groups in total. The molecule has 2 aromatic rings. The summed E-state index contributed by atoms with van der Waals surface area (Å²) in [5.41, 5.74) is 2.50. The van der Waals surface area contributed by atoms with Crippen LogP contribution in [0.1, 0.15) is 21.5 Å². The van der Waals surface area contributed by atoms with Crippen LogP contribution in [0.15, 0.2) is 35.1 Å².